The zero-order valence-corrected chi connectivity index (χ0v) is 2.86. The average Bonchev–Trinajstić information content (AvgIpc) is 1.37. The Morgan fingerprint density at radius 2 is 1.29 bits per heavy atom. The van der Waals surface area contributed by atoms with E-state index < -0.39 is 0 Å². The van der Waals surface area contributed by atoms with E-state index >= 15 is 0 Å². The Labute approximate surface area is 48.4 Å². The van der Waals surface area contributed by atoms with E-state index in [9.17, 15) is 0 Å². The summed E-state index contributed by atoms with van der Waals surface area (Å²) in [5.41, 5.74) is 0. The largest absolute Gasteiger partial charge is 0.396 e. The van der Waals surface area contributed by atoms with Gasteiger partial charge in [0, 0.05) is 6.61 Å². The van der Waals surface area contributed by atoms with Crippen LogP contribution in [0.1, 0.15) is 35.6 Å². The Balaban J connectivity index is -0.0000000150. The van der Waals surface area contributed by atoms with Crippen LogP contribution >= 0.6 is 0 Å². The highest BCUT2D eigenvalue weighted by atomic mass is 16.2. The van der Waals surface area contributed by atoms with Crippen molar-refractivity contribution < 1.29 is 5.11 Å². The van der Waals surface area contributed by atoms with Crippen LogP contribution in [0.4, 0.5) is 0 Å². The molecular weight excluding hydrogens is 88.1 g/mol. The number of aliphatic hydroxyl groups is 1. The number of hydrogen-bond donors (Lipinski definition) is 1. The minimum atomic E-state index is 0. The van der Waals surface area contributed by atoms with Crippen LogP contribution in [0.2, 0.25) is 0 Å². The second-order valence-electron chi connectivity index (χ2n) is 0.724. The lowest BCUT2D eigenvalue weighted by atomic mass is 10.5. The molecule has 0 rings (SSSR count). The zero-order chi connectivity index (χ0) is 3.41. The molecule has 50 valence electrons. The standard InChI is InChI=1S/C3H8O.3CH4/c1-2-3-4;;;/h4H,2-3H2,1H3;3*1H4. The van der Waals surface area contributed by atoms with Gasteiger partial charge in [-0.25, -0.2) is 0 Å². The Hall–Kier alpha value is -0.0400. The van der Waals surface area contributed by atoms with E-state index in [-0.39, 0.29) is 22.3 Å². The average molecular weight is 108 g/mol. The molecule has 1 N–H and O–H groups in total. The van der Waals surface area contributed by atoms with E-state index in [1.54, 1.807) is 0 Å². The first-order valence-electron chi connectivity index (χ1n) is 1.52. The van der Waals surface area contributed by atoms with E-state index in [4.69, 9.17) is 5.11 Å². The van der Waals surface area contributed by atoms with Crippen molar-refractivity contribution in [3.63, 3.8) is 0 Å². The highest BCUT2D eigenvalue weighted by Crippen LogP contribution is 1.61. The fraction of sp³-hybridized carbons (Fsp3) is 1.00. The number of rotatable bonds is 1. The third kappa shape index (κ3) is 101. The second-order valence-corrected chi connectivity index (χ2v) is 0.724. The Bertz CT molecular complexity index is 6.14. The van der Waals surface area contributed by atoms with Crippen molar-refractivity contribution in [1.29, 1.82) is 0 Å². The smallest absolute Gasteiger partial charge is 0.0428 e. The summed E-state index contributed by atoms with van der Waals surface area (Å²) in [5.74, 6) is 0. The van der Waals surface area contributed by atoms with Gasteiger partial charge in [0.05, 0.1) is 0 Å². The molecule has 1 heteroatoms. The van der Waals surface area contributed by atoms with E-state index in [2.05, 4.69) is 0 Å². The zero-order valence-electron chi connectivity index (χ0n) is 2.86. The van der Waals surface area contributed by atoms with Crippen LogP contribution in [-0.2, 0) is 0 Å². The number of aliphatic hydroxyl groups excluding tert-OH is 1. The Morgan fingerprint density at radius 3 is 1.29 bits per heavy atom. The van der Waals surface area contributed by atoms with E-state index in [1.807, 2.05) is 6.92 Å². The van der Waals surface area contributed by atoms with Gasteiger partial charge in [-0.2, -0.15) is 0 Å². The first kappa shape index (κ1) is 28.2. The Kier molecular flexibility index (Phi) is 154. The lowest BCUT2D eigenvalue weighted by Crippen LogP contribution is -1.69. The van der Waals surface area contributed by atoms with Crippen LogP contribution in [0, 0.1) is 0 Å². The van der Waals surface area contributed by atoms with Crippen LogP contribution < -0.4 is 0 Å². The maximum Gasteiger partial charge on any atom is 0.0428 e. The van der Waals surface area contributed by atoms with E-state index in [1.165, 1.54) is 0 Å². The van der Waals surface area contributed by atoms with E-state index in [0.717, 1.165) is 6.42 Å². The van der Waals surface area contributed by atoms with Crippen molar-refractivity contribution in [2.24, 2.45) is 0 Å². The Morgan fingerprint density at radius 1 is 1.14 bits per heavy atom. The maximum absolute atomic E-state index is 7.88. The summed E-state index contributed by atoms with van der Waals surface area (Å²) in [6, 6.07) is 0. The van der Waals surface area contributed by atoms with Crippen LogP contribution in [0.3, 0.4) is 0 Å². The summed E-state index contributed by atoms with van der Waals surface area (Å²) in [5, 5.41) is 7.88. The summed E-state index contributed by atoms with van der Waals surface area (Å²) in [6.45, 7) is 2.25. The van der Waals surface area contributed by atoms with Gasteiger partial charge in [0.1, 0.15) is 0 Å². The van der Waals surface area contributed by atoms with Crippen LogP contribution in [0.5, 0.6) is 0 Å². The summed E-state index contributed by atoms with van der Waals surface area (Å²) in [7, 11) is 0. The molecule has 0 unspecified atom stereocenters. The second kappa shape index (κ2) is 38.2. The van der Waals surface area contributed by atoms with E-state index in [0.29, 0.717) is 6.61 Å². The molecule has 0 aliphatic rings. The summed E-state index contributed by atoms with van der Waals surface area (Å²) in [6.07, 6.45) is 0.875. The predicted molar refractivity (Wildman–Crippen MR) is 37.6 cm³/mol. The minimum Gasteiger partial charge on any atom is -0.396 e. The molecule has 0 atom stereocenters. The maximum atomic E-state index is 7.88. The lowest BCUT2D eigenvalue weighted by Gasteiger charge is -1.69. The van der Waals surface area contributed by atoms with Crippen molar-refractivity contribution in [3.05, 3.63) is 0 Å². The number of hydrogen-bond acceptors (Lipinski definition) is 1. The van der Waals surface area contributed by atoms with Crippen molar-refractivity contribution in [3.8, 4) is 0 Å². The first-order valence-corrected chi connectivity index (χ1v) is 1.52. The molecular formula is C6H20O. The molecule has 0 saturated carbocycles. The molecule has 0 aromatic rings. The third-order valence-electron chi connectivity index (χ3n) is 0.224. The van der Waals surface area contributed by atoms with Gasteiger partial charge in [0.2, 0.25) is 0 Å². The SMILES string of the molecule is C.C.C.CCCO. The predicted octanol–water partition coefficient (Wildman–Crippen LogP) is 2.30. The van der Waals surface area contributed by atoms with Crippen molar-refractivity contribution >= 4 is 0 Å². The van der Waals surface area contributed by atoms with Gasteiger partial charge in [-0.15, -0.1) is 0 Å². The highest BCUT2D eigenvalue weighted by Gasteiger charge is 1.57. The van der Waals surface area contributed by atoms with Gasteiger partial charge < -0.3 is 5.11 Å². The molecule has 0 bridgehead atoms. The normalized spacial score (nSPS) is 4.29. The van der Waals surface area contributed by atoms with Crippen molar-refractivity contribution in [2.45, 2.75) is 35.6 Å². The molecule has 0 aromatic carbocycles. The molecule has 0 fully saturated rings. The van der Waals surface area contributed by atoms with Crippen LogP contribution in [0.25, 0.3) is 0 Å². The van der Waals surface area contributed by atoms with Crippen molar-refractivity contribution in [2.75, 3.05) is 6.61 Å². The topological polar surface area (TPSA) is 20.2 Å². The lowest BCUT2D eigenvalue weighted by molar-refractivity contribution is 0.295. The fourth-order valence-corrected chi connectivity index (χ4v) is 0. The van der Waals surface area contributed by atoms with Crippen molar-refractivity contribution in [1.82, 2.24) is 0 Å². The van der Waals surface area contributed by atoms with Gasteiger partial charge in [0.15, 0.2) is 0 Å². The molecule has 0 spiro atoms. The molecule has 0 saturated heterocycles. The third-order valence-corrected chi connectivity index (χ3v) is 0.224. The quantitative estimate of drug-likeness (QED) is 0.546. The van der Waals surface area contributed by atoms with Crippen LogP contribution in [0.15, 0.2) is 0 Å². The molecule has 0 amide bonds. The molecule has 0 heterocycles. The highest BCUT2D eigenvalue weighted by molar-refractivity contribution is 4.10. The van der Waals surface area contributed by atoms with Crippen LogP contribution in [-0.4, -0.2) is 11.7 Å². The van der Waals surface area contributed by atoms with Gasteiger partial charge in [-0.05, 0) is 6.42 Å². The molecule has 7 heavy (non-hydrogen) atoms. The molecule has 0 aromatic heterocycles. The summed E-state index contributed by atoms with van der Waals surface area (Å²) in [4.78, 5) is 0. The first-order chi connectivity index (χ1) is 1.91. The van der Waals surface area contributed by atoms with Gasteiger partial charge >= 0.3 is 0 Å². The van der Waals surface area contributed by atoms with Gasteiger partial charge in [-0.1, -0.05) is 29.2 Å². The monoisotopic (exact) mass is 108 g/mol. The molecule has 0 aliphatic heterocycles. The van der Waals surface area contributed by atoms with Gasteiger partial charge in [0.25, 0.3) is 0 Å². The summed E-state index contributed by atoms with van der Waals surface area (Å²) >= 11 is 0. The molecule has 1 nitrogen and oxygen atoms in total. The summed E-state index contributed by atoms with van der Waals surface area (Å²) < 4.78 is 0. The fourth-order valence-electron chi connectivity index (χ4n) is 0. The minimum absolute atomic E-state index is 0. The molecule has 0 aliphatic carbocycles. The molecule has 0 radical (unpaired) electrons. The van der Waals surface area contributed by atoms with Gasteiger partial charge in [-0.3, -0.25) is 0 Å².